The molecule has 1 atom stereocenters. The third kappa shape index (κ3) is 5.45. The van der Waals surface area contributed by atoms with Crippen molar-refractivity contribution in [1.29, 1.82) is 0 Å². The van der Waals surface area contributed by atoms with Gasteiger partial charge in [0.2, 0.25) is 0 Å². The van der Waals surface area contributed by atoms with Crippen molar-refractivity contribution in [2.24, 2.45) is 0 Å². The Labute approximate surface area is 237 Å². The normalized spacial score (nSPS) is 17.2. The second kappa shape index (κ2) is 10.6. The van der Waals surface area contributed by atoms with Crippen LogP contribution in [0.25, 0.3) is 11.1 Å². The summed E-state index contributed by atoms with van der Waals surface area (Å²) in [6.45, 7) is 8.46. The molecule has 0 saturated carbocycles. The summed E-state index contributed by atoms with van der Waals surface area (Å²) in [4.78, 5) is 28.3. The number of halogens is 2. The molecule has 5 rings (SSSR count). The molecule has 2 aliphatic heterocycles. The molecule has 2 aromatic carbocycles. The van der Waals surface area contributed by atoms with Gasteiger partial charge in [0.15, 0.2) is 0 Å². The summed E-state index contributed by atoms with van der Waals surface area (Å²) in [5, 5.41) is 4.51. The van der Waals surface area contributed by atoms with Crippen LogP contribution in [-0.4, -0.2) is 58.7 Å². The maximum Gasteiger partial charge on any atom is 0.414 e. The van der Waals surface area contributed by atoms with Gasteiger partial charge in [0, 0.05) is 48.1 Å². The van der Waals surface area contributed by atoms with E-state index in [0.717, 1.165) is 16.7 Å². The topological polar surface area (TPSA) is 86.1 Å². The van der Waals surface area contributed by atoms with Gasteiger partial charge in [0.1, 0.15) is 22.9 Å². The molecule has 1 fully saturated rings. The number of amides is 2. The largest absolute Gasteiger partial charge is 0.456 e. The van der Waals surface area contributed by atoms with Gasteiger partial charge in [0.25, 0.3) is 0 Å². The average Bonchev–Trinajstić information content (AvgIpc) is 3.33. The molecule has 0 spiro atoms. The van der Waals surface area contributed by atoms with Crippen molar-refractivity contribution in [3.63, 3.8) is 0 Å². The number of carbonyl (C=O) groups excluding carboxylic acids is 2. The van der Waals surface area contributed by atoms with Gasteiger partial charge < -0.3 is 19.1 Å². The fourth-order valence-electron chi connectivity index (χ4n) is 4.96. The lowest BCUT2D eigenvalue weighted by Crippen LogP contribution is -2.52. The number of benzene rings is 2. The van der Waals surface area contributed by atoms with Gasteiger partial charge in [-0.05, 0) is 64.8 Å². The highest BCUT2D eigenvalue weighted by molar-refractivity contribution is 6.30. The summed E-state index contributed by atoms with van der Waals surface area (Å²) in [5.74, 6) is 0.352. The highest BCUT2D eigenvalue weighted by atomic mass is 35.5. The first-order valence-electron chi connectivity index (χ1n) is 13.1. The zero-order valence-electron chi connectivity index (χ0n) is 23.1. The molecule has 0 bridgehead atoms. The maximum absolute atomic E-state index is 13.9. The molecule has 9 nitrogen and oxygen atoms in total. The predicted molar refractivity (Wildman–Crippen MR) is 149 cm³/mol. The van der Waals surface area contributed by atoms with Crippen molar-refractivity contribution in [1.82, 2.24) is 14.7 Å². The summed E-state index contributed by atoms with van der Waals surface area (Å²) >= 11 is 6.04. The molecule has 11 heteroatoms. The van der Waals surface area contributed by atoms with Crippen LogP contribution in [0.5, 0.6) is 11.5 Å². The number of carbonyl (C=O) groups is 2. The van der Waals surface area contributed by atoms with E-state index >= 15 is 0 Å². The first kappa shape index (κ1) is 27.8. The van der Waals surface area contributed by atoms with E-state index in [2.05, 4.69) is 5.10 Å². The van der Waals surface area contributed by atoms with E-state index in [0.29, 0.717) is 43.1 Å². The summed E-state index contributed by atoms with van der Waals surface area (Å²) in [7, 11) is 1.36. The molecule has 40 heavy (non-hydrogen) atoms. The molecular formula is C29H32ClFN4O5. The Bertz CT molecular complexity index is 1450. The van der Waals surface area contributed by atoms with Gasteiger partial charge >= 0.3 is 12.2 Å². The molecule has 0 radical (unpaired) electrons. The smallest absolute Gasteiger partial charge is 0.414 e. The molecule has 3 heterocycles. The van der Waals surface area contributed by atoms with E-state index < -0.39 is 17.5 Å². The van der Waals surface area contributed by atoms with Gasteiger partial charge in [-0.3, -0.25) is 9.58 Å². The Morgan fingerprint density at radius 3 is 2.55 bits per heavy atom. The Balaban J connectivity index is 1.48. The Morgan fingerprint density at radius 1 is 1.12 bits per heavy atom. The van der Waals surface area contributed by atoms with Crippen LogP contribution in [0, 0.1) is 5.82 Å². The summed E-state index contributed by atoms with van der Waals surface area (Å²) in [5.41, 5.74) is 2.52. The number of hydrogen-bond acceptors (Lipinski definition) is 6. The SMILES string of the molecule is COC(=O)N1c2ccc(-c3cnn(C4CN(C(=O)OC(C)(C)C)C4)c3)c(Oc3ccc(F)c(Cl)c3)c2CCC1C. The van der Waals surface area contributed by atoms with E-state index in [4.69, 9.17) is 25.8 Å². The van der Waals surface area contributed by atoms with Crippen LogP contribution < -0.4 is 9.64 Å². The van der Waals surface area contributed by atoms with Gasteiger partial charge in [-0.15, -0.1) is 0 Å². The highest BCUT2D eigenvalue weighted by Crippen LogP contribution is 2.45. The first-order valence-corrected chi connectivity index (χ1v) is 13.5. The number of anilines is 1. The molecular weight excluding hydrogens is 539 g/mol. The number of fused-ring (bicyclic) bond motifs is 1. The van der Waals surface area contributed by atoms with E-state index in [9.17, 15) is 14.0 Å². The van der Waals surface area contributed by atoms with Crippen LogP contribution in [0.1, 0.15) is 45.7 Å². The van der Waals surface area contributed by atoms with Crippen LogP contribution in [-0.2, 0) is 15.9 Å². The molecule has 3 aromatic rings. The average molecular weight is 571 g/mol. The fraction of sp³-hybridized carbons (Fsp3) is 0.414. The number of nitrogens with zero attached hydrogens (tertiary/aromatic N) is 4. The van der Waals surface area contributed by atoms with Crippen LogP contribution >= 0.6 is 11.6 Å². The minimum atomic E-state index is -0.556. The summed E-state index contributed by atoms with van der Waals surface area (Å²) in [6.07, 6.45) is 4.21. The van der Waals surface area contributed by atoms with Crippen LogP contribution in [0.3, 0.4) is 0 Å². The molecule has 1 aromatic heterocycles. The number of likely N-dealkylation sites (tertiary alicyclic amines) is 1. The molecule has 1 unspecified atom stereocenters. The van der Waals surface area contributed by atoms with Gasteiger partial charge in [0.05, 0.1) is 30.1 Å². The maximum atomic E-state index is 13.9. The van der Waals surface area contributed by atoms with Crippen molar-refractivity contribution in [3.05, 3.63) is 59.1 Å². The van der Waals surface area contributed by atoms with Crippen LogP contribution in [0.4, 0.5) is 19.7 Å². The van der Waals surface area contributed by atoms with Crippen molar-refractivity contribution in [2.75, 3.05) is 25.1 Å². The van der Waals surface area contributed by atoms with Crippen LogP contribution in [0.15, 0.2) is 42.7 Å². The monoisotopic (exact) mass is 570 g/mol. The number of rotatable bonds is 4. The van der Waals surface area contributed by atoms with E-state index in [1.165, 1.54) is 25.3 Å². The summed E-state index contributed by atoms with van der Waals surface area (Å²) in [6, 6.07) is 7.89. The van der Waals surface area contributed by atoms with E-state index in [1.54, 1.807) is 16.0 Å². The standard InChI is InChI=1S/C29H32ClFN4O5/c1-17-6-8-22-25(35(17)28(37)38-5)11-9-21(26(22)39-20-7-10-24(31)23(30)12-20)18-13-32-34(14-18)19-15-33(16-19)27(36)40-29(2,3)4/h7,9-14,17,19H,6,8,15-16H2,1-5H3. The molecule has 1 saturated heterocycles. The Hall–Kier alpha value is -3.79. The van der Waals surface area contributed by atoms with Crippen molar-refractivity contribution in [3.8, 4) is 22.6 Å². The minimum absolute atomic E-state index is 0.00911. The van der Waals surface area contributed by atoms with Gasteiger partial charge in [-0.25, -0.2) is 14.0 Å². The van der Waals surface area contributed by atoms with Crippen molar-refractivity contribution in [2.45, 2.75) is 58.2 Å². The number of hydrogen-bond donors (Lipinski definition) is 0. The minimum Gasteiger partial charge on any atom is -0.456 e. The third-order valence-corrected chi connectivity index (χ3v) is 7.32. The zero-order chi connectivity index (χ0) is 28.8. The zero-order valence-corrected chi connectivity index (χ0v) is 23.9. The first-order chi connectivity index (χ1) is 18.9. The molecule has 0 aliphatic carbocycles. The lowest BCUT2D eigenvalue weighted by molar-refractivity contribution is -0.000387. The Kier molecular flexibility index (Phi) is 7.39. The van der Waals surface area contributed by atoms with Crippen molar-refractivity contribution >= 4 is 29.5 Å². The van der Waals surface area contributed by atoms with Crippen LogP contribution in [0.2, 0.25) is 5.02 Å². The molecule has 2 aliphatic rings. The second-order valence-electron chi connectivity index (χ2n) is 11.1. The van der Waals surface area contributed by atoms with Gasteiger partial charge in [-0.1, -0.05) is 11.6 Å². The van der Waals surface area contributed by atoms with Crippen molar-refractivity contribution < 1.29 is 28.2 Å². The molecule has 0 N–H and O–H groups in total. The lowest BCUT2D eigenvalue weighted by atomic mass is 9.92. The number of aromatic nitrogens is 2. The van der Waals surface area contributed by atoms with E-state index in [-0.39, 0.29) is 23.2 Å². The predicted octanol–water partition coefficient (Wildman–Crippen LogP) is 6.83. The van der Waals surface area contributed by atoms with Gasteiger partial charge in [-0.2, -0.15) is 5.10 Å². The lowest BCUT2D eigenvalue weighted by Gasteiger charge is -2.39. The quantitative estimate of drug-likeness (QED) is 0.341. The molecule has 2 amide bonds. The Morgan fingerprint density at radius 2 is 1.88 bits per heavy atom. The highest BCUT2D eigenvalue weighted by Gasteiger charge is 2.36. The third-order valence-electron chi connectivity index (χ3n) is 7.03. The molecule has 212 valence electrons. The summed E-state index contributed by atoms with van der Waals surface area (Å²) < 4.78 is 32.6. The van der Waals surface area contributed by atoms with E-state index in [1.807, 2.05) is 50.7 Å². The second-order valence-corrected chi connectivity index (χ2v) is 11.5. The fourth-order valence-corrected chi connectivity index (χ4v) is 5.13. The number of ether oxygens (including phenoxy) is 3. The number of methoxy groups -OCH3 is 1.